The lowest BCUT2D eigenvalue weighted by molar-refractivity contribution is -0.123. The second-order valence-corrected chi connectivity index (χ2v) is 6.21. The molecule has 1 N–H and O–H groups in total. The maximum absolute atomic E-state index is 13.8. The van der Waals surface area contributed by atoms with Gasteiger partial charge in [0.05, 0.1) is 0 Å². The lowest BCUT2D eigenvalue weighted by Crippen LogP contribution is -2.41. The topological polar surface area (TPSA) is 46.9 Å². The van der Waals surface area contributed by atoms with Crippen molar-refractivity contribution in [3.8, 4) is 0 Å². The van der Waals surface area contributed by atoms with Crippen LogP contribution in [0.25, 0.3) is 0 Å². The van der Waals surface area contributed by atoms with Gasteiger partial charge in [0, 0.05) is 37.3 Å². The van der Waals surface area contributed by atoms with Gasteiger partial charge < -0.3 is 9.88 Å². The molecule has 1 aliphatic carbocycles. The van der Waals surface area contributed by atoms with E-state index < -0.39 is 0 Å². The molecular weight excluding hydrogens is 281 g/mol. The number of carbonyl (C=O) groups is 1. The molecule has 1 aliphatic heterocycles. The van der Waals surface area contributed by atoms with E-state index in [2.05, 4.69) is 14.9 Å². The fraction of sp³-hybridized carbons (Fsp3) is 0.412. The predicted molar refractivity (Wildman–Crippen MR) is 79.7 cm³/mol. The number of nitrogens with zero attached hydrogens (tertiary/aromatic N) is 2. The average molecular weight is 299 g/mol. The highest BCUT2D eigenvalue weighted by atomic mass is 19.1. The molecule has 114 valence electrons. The van der Waals surface area contributed by atoms with Crippen LogP contribution in [0.3, 0.4) is 0 Å². The maximum Gasteiger partial charge on any atom is 0.224 e. The van der Waals surface area contributed by atoms with Crippen molar-refractivity contribution in [1.82, 2.24) is 14.9 Å². The lowest BCUT2D eigenvalue weighted by Gasteiger charge is -2.24. The van der Waals surface area contributed by atoms with Gasteiger partial charge in [-0.05, 0) is 30.4 Å². The second-order valence-electron chi connectivity index (χ2n) is 6.21. The van der Waals surface area contributed by atoms with Gasteiger partial charge in [0.25, 0.3) is 0 Å². The third kappa shape index (κ3) is 2.40. The molecule has 5 heteroatoms. The molecule has 2 aliphatic rings. The molecule has 22 heavy (non-hydrogen) atoms. The molecule has 1 aromatic heterocycles. The van der Waals surface area contributed by atoms with E-state index in [4.69, 9.17) is 0 Å². The van der Waals surface area contributed by atoms with Gasteiger partial charge in [0.2, 0.25) is 5.91 Å². The van der Waals surface area contributed by atoms with Crippen molar-refractivity contribution >= 4 is 5.91 Å². The van der Waals surface area contributed by atoms with Gasteiger partial charge >= 0.3 is 0 Å². The molecule has 2 heterocycles. The number of hydrogen-bond donors (Lipinski definition) is 1. The van der Waals surface area contributed by atoms with Gasteiger partial charge in [0.1, 0.15) is 11.6 Å². The minimum atomic E-state index is -0.205. The number of halogens is 1. The molecule has 3 atom stereocenters. The number of carbonyl (C=O) groups excluding carboxylic acids is 1. The molecule has 4 nitrogen and oxygen atoms in total. The first-order valence-electron chi connectivity index (χ1n) is 7.77. The van der Waals surface area contributed by atoms with Crippen LogP contribution < -0.4 is 5.32 Å². The highest BCUT2D eigenvalue weighted by molar-refractivity contribution is 5.83. The summed E-state index contributed by atoms with van der Waals surface area (Å²) in [5, 5.41) is 3.12. The molecule has 0 spiro atoms. The Balaban J connectivity index is 1.38. The number of aromatic nitrogens is 2. The Hall–Kier alpha value is -2.17. The van der Waals surface area contributed by atoms with Gasteiger partial charge in [-0.1, -0.05) is 18.2 Å². The summed E-state index contributed by atoms with van der Waals surface area (Å²) in [6.07, 6.45) is 6.30. The molecule has 1 saturated carbocycles. The molecular formula is C17H18FN3O. The van der Waals surface area contributed by atoms with Crippen LogP contribution in [-0.4, -0.2) is 21.5 Å². The third-order valence-corrected chi connectivity index (χ3v) is 4.71. The zero-order valence-corrected chi connectivity index (χ0v) is 12.2. The van der Waals surface area contributed by atoms with E-state index in [9.17, 15) is 9.18 Å². The summed E-state index contributed by atoms with van der Waals surface area (Å²) in [5.74, 6) is 0.890. The molecule has 0 radical (unpaired) electrons. The van der Waals surface area contributed by atoms with Crippen LogP contribution >= 0.6 is 0 Å². The first kappa shape index (κ1) is 13.5. The van der Waals surface area contributed by atoms with Crippen LogP contribution in [0.2, 0.25) is 0 Å². The number of nitrogens with one attached hydrogen (secondary N) is 1. The second kappa shape index (κ2) is 5.23. The van der Waals surface area contributed by atoms with E-state index in [1.807, 2.05) is 12.3 Å². The maximum atomic E-state index is 13.8. The summed E-state index contributed by atoms with van der Waals surface area (Å²) >= 11 is 0. The van der Waals surface area contributed by atoms with Crippen molar-refractivity contribution in [1.29, 1.82) is 0 Å². The first-order valence-corrected chi connectivity index (χ1v) is 7.77. The van der Waals surface area contributed by atoms with Gasteiger partial charge in [-0.3, -0.25) is 4.79 Å². The Morgan fingerprint density at radius 2 is 2.23 bits per heavy atom. The van der Waals surface area contributed by atoms with Gasteiger partial charge in [-0.15, -0.1) is 0 Å². The smallest absolute Gasteiger partial charge is 0.224 e. The first-order chi connectivity index (χ1) is 10.7. The number of fused-ring (bicyclic) bond motifs is 1. The summed E-state index contributed by atoms with van der Waals surface area (Å²) in [4.78, 5) is 16.6. The van der Waals surface area contributed by atoms with Gasteiger partial charge in [-0.25, -0.2) is 9.37 Å². The highest BCUT2D eigenvalue weighted by Crippen LogP contribution is 2.48. The van der Waals surface area contributed by atoms with Gasteiger partial charge in [0.15, 0.2) is 0 Å². The predicted octanol–water partition coefficient (Wildman–Crippen LogP) is 2.26. The molecule has 2 aromatic rings. The third-order valence-electron chi connectivity index (χ3n) is 4.71. The van der Waals surface area contributed by atoms with E-state index in [0.29, 0.717) is 5.56 Å². The Labute approximate surface area is 128 Å². The Morgan fingerprint density at radius 3 is 3.09 bits per heavy atom. The minimum Gasteiger partial charge on any atom is -0.351 e. The fourth-order valence-corrected chi connectivity index (χ4v) is 3.40. The van der Waals surface area contributed by atoms with Crippen LogP contribution in [0.15, 0.2) is 36.7 Å². The summed E-state index contributed by atoms with van der Waals surface area (Å²) in [6.45, 7) is 0.776. The van der Waals surface area contributed by atoms with E-state index in [1.165, 1.54) is 6.07 Å². The minimum absolute atomic E-state index is 0.0357. The van der Waals surface area contributed by atoms with Crippen molar-refractivity contribution < 1.29 is 9.18 Å². The average Bonchev–Trinajstić information content (AvgIpc) is 3.18. The molecule has 1 fully saturated rings. The van der Waals surface area contributed by atoms with Crippen LogP contribution in [0.1, 0.15) is 30.1 Å². The van der Waals surface area contributed by atoms with Crippen molar-refractivity contribution in [2.24, 2.45) is 5.92 Å². The van der Waals surface area contributed by atoms with Crippen LogP contribution in [0.5, 0.6) is 0 Å². The number of aryl methyl sites for hydroxylation is 1. The van der Waals surface area contributed by atoms with Gasteiger partial charge in [-0.2, -0.15) is 0 Å². The molecule has 0 saturated heterocycles. The largest absolute Gasteiger partial charge is 0.351 e. The Kier molecular flexibility index (Phi) is 3.21. The van der Waals surface area contributed by atoms with Crippen molar-refractivity contribution in [2.75, 3.05) is 0 Å². The number of amides is 1. The summed E-state index contributed by atoms with van der Waals surface area (Å²) < 4.78 is 15.9. The normalized spacial score (nSPS) is 26.3. The van der Waals surface area contributed by atoms with E-state index >= 15 is 0 Å². The quantitative estimate of drug-likeness (QED) is 0.945. The molecule has 0 unspecified atom stereocenters. The number of imidazole rings is 1. The summed E-state index contributed by atoms with van der Waals surface area (Å²) in [6, 6.07) is 6.90. The lowest BCUT2D eigenvalue weighted by atomic mass is 10.1. The molecule has 0 bridgehead atoms. The van der Waals surface area contributed by atoms with E-state index in [1.54, 1.807) is 18.3 Å². The monoisotopic (exact) mass is 299 g/mol. The SMILES string of the molecule is O=C(N[C@@H]1CCc2nccn2C1)[C@H]1C[C@H]1c1ccccc1F. The van der Waals surface area contributed by atoms with E-state index in [0.717, 1.165) is 31.6 Å². The van der Waals surface area contributed by atoms with Crippen LogP contribution in [0.4, 0.5) is 4.39 Å². The summed E-state index contributed by atoms with van der Waals surface area (Å²) in [7, 11) is 0. The number of hydrogen-bond acceptors (Lipinski definition) is 2. The molecule has 1 aromatic carbocycles. The zero-order valence-electron chi connectivity index (χ0n) is 12.2. The van der Waals surface area contributed by atoms with E-state index in [-0.39, 0.29) is 29.6 Å². The van der Waals surface area contributed by atoms with Crippen molar-refractivity contribution in [2.45, 2.75) is 37.8 Å². The zero-order chi connectivity index (χ0) is 15.1. The number of benzene rings is 1. The fourth-order valence-electron chi connectivity index (χ4n) is 3.40. The number of rotatable bonds is 3. The molecule has 4 rings (SSSR count). The highest BCUT2D eigenvalue weighted by Gasteiger charge is 2.45. The Bertz CT molecular complexity index is 711. The molecule has 1 amide bonds. The van der Waals surface area contributed by atoms with Crippen LogP contribution in [0, 0.1) is 11.7 Å². The Morgan fingerprint density at radius 1 is 1.36 bits per heavy atom. The van der Waals surface area contributed by atoms with Crippen molar-refractivity contribution in [3.63, 3.8) is 0 Å². The van der Waals surface area contributed by atoms with Crippen molar-refractivity contribution in [3.05, 3.63) is 53.9 Å². The summed E-state index contributed by atoms with van der Waals surface area (Å²) in [5.41, 5.74) is 0.670. The van der Waals surface area contributed by atoms with Crippen LogP contribution in [-0.2, 0) is 17.8 Å². The standard InChI is InChI=1S/C17H18FN3O/c18-15-4-2-1-3-12(15)13-9-14(13)17(22)20-11-5-6-16-19-7-8-21(16)10-11/h1-4,7-8,11,13-14H,5-6,9-10H2,(H,20,22)/t11-,13+,14+/m1/s1.